The second kappa shape index (κ2) is 12.8. The topological polar surface area (TPSA) is 38.0 Å². The predicted molar refractivity (Wildman–Crippen MR) is 85.4 cm³/mol. The van der Waals surface area contributed by atoms with Gasteiger partial charge in [-0.2, -0.15) is 0 Å². The Balaban J connectivity index is 0.000000316. The van der Waals surface area contributed by atoms with Gasteiger partial charge in [-0.25, -0.2) is 0 Å². The van der Waals surface area contributed by atoms with E-state index in [1.807, 2.05) is 31.3 Å². The molecular formula is C17H26N2. The van der Waals surface area contributed by atoms with Crippen LogP contribution in [-0.4, -0.2) is 20.6 Å². The summed E-state index contributed by atoms with van der Waals surface area (Å²) in [4.78, 5) is 0. The van der Waals surface area contributed by atoms with Gasteiger partial charge in [0.15, 0.2) is 0 Å². The molecule has 0 bridgehead atoms. The molecule has 0 aliphatic rings. The predicted octanol–water partition coefficient (Wildman–Crippen LogP) is 3.02. The number of aryl methyl sites for hydroxylation is 1. The van der Waals surface area contributed by atoms with E-state index in [2.05, 4.69) is 54.4 Å². The van der Waals surface area contributed by atoms with Crippen molar-refractivity contribution in [1.82, 2.24) is 5.32 Å². The molecule has 2 heteroatoms. The Bertz CT molecular complexity index is 385. The highest BCUT2D eigenvalue weighted by molar-refractivity contribution is 5.14. The summed E-state index contributed by atoms with van der Waals surface area (Å²) in [6.45, 7) is 3.14. The minimum Gasteiger partial charge on any atom is -0.333 e. The van der Waals surface area contributed by atoms with E-state index in [-0.39, 0.29) is 0 Å². The minimum atomic E-state index is 1.06. The summed E-state index contributed by atoms with van der Waals surface area (Å²) in [6, 6.07) is 20.8. The molecule has 0 spiro atoms. The molecule has 2 rings (SSSR count). The third-order valence-electron chi connectivity index (χ3n) is 2.45. The molecule has 0 radical (unpaired) electrons. The first-order valence-corrected chi connectivity index (χ1v) is 6.61. The van der Waals surface area contributed by atoms with Crippen LogP contribution in [0.4, 0.5) is 0 Å². The first kappa shape index (κ1) is 17.4. The molecule has 19 heavy (non-hydrogen) atoms. The van der Waals surface area contributed by atoms with Crippen LogP contribution in [0.25, 0.3) is 0 Å². The minimum absolute atomic E-state index is 1.06. The molecule has 0 amide bonds. The van der Waals surface area contributed by atoms with Gasteiger partial charge < -0.3 is 11.1 Å². The van der Waals surface area contributed by atoms with Crippen LogP contribution >= 0.6 is 0 Å². The molecular weight excluding hydrogens is 232 g/mol. The third-order valence-corrected chi connectivity index (χ3v) is 2.45. The zero-order valence-corrected chi connectivity index (χ0v) is 12.3. The maximum atomic E-state index is 4.50. The smallest absolute Gasteiger partial charge is 0.00114 e. The second-order valence-corrected chi connectivity index (χ2v) is 3.99. The summed E-state index contributed by atoms with van der Waals surface area (Å²) in [5.41, 5.74) is 7.22. The number of benzene rings is 2. The van der Waals surface area contributed by atoms with Crippen molar-refractivity contribution >= 4 is 0 Å². The average Bonchev–Trinajstić information content (AvgIpc) is 2.50. The fourth-order valence-electron chi connectivity index (χ4n) is 1.45. The van der Waals surface area contributed by atoms with Gasteiger partial charge in [0, 0.05) is 0 Å². The van der Waals surface area contributed by atoms with E-state index in [1.165, 1.54) is 18.2 Å². The Labute approximate surface area is 117 Å². The zero-order valence-electron chi connectivity index (χ0n) is 12.3. The fraction of sp³-hybridized carbons (Fsp3) is 0.294. The molecule has 0 atom stereocenters. The van der Waals surface area contributed by atoms with Crippen LogP contribution in [-0.2, 0) is 6.42 Å². The number of likely N-dealkylation sites (N-methyl/N-ethyl adjacent to an activating group) is 1. The van der Waals surface area contributed by atoms with E-state index in [1.54, 1.807) is 0 Å². The Morgan fingerprint density at radius 2 is 1.32 bits per heavy atom. The molecule has 2 nitrogen and oxygen atoms in total. The number of hydrogen-bond acceptors (Lipinski definition) is 2. The van der Waals surface area contributed by atoms with Crippen molar-refractivity contribution < 1.29 is 0 Å². The Hall–Kier alpha value is -1.64. The Morgan fingerprint density at radius 1 is 0.842 bits per heavy atom. The SMILES string of the molecule is CN.CNCCc1ccccc1.Cc1ccccc1. The van der Waals surface area contributed by atoms with Gasteiger partial charge in [-0.1, -0.05) is 66.2 Å². The van der Waals surface area contributed by atoms with Gasteiger partial charge in [0.1, 0.15) is 0 Å². The summed E-state index contributed by atoms with van der Waals surface area (Å²) in [5.74, 6) is 0. The number of rotatable bonds is 3. The van der Waals surface area contributed by atoms with Gasteiger partial charge >= 0.3 is 0 Å². The van der Waals surface area contributed by atoms with Crippen molar-refractivity contribution in [2.45, 2.75) is 13.3 Å². The van der Waals surface area contributed by atoms with E-state index < -0.39 is 0 Å². The molecule has 0 unspecified atom stereocenters. The van der Waals surface area contributed by atoms with Crippen molar-refractivity contribution in [2.75, 3.05) is 20.6 Å². The number of hydrogen-bond donors (Lipinski definition) is 2. The highest BCUT2D eigenvalue weighted by atomic mass is 14.8. The van der Waals surface area contributed by atoms with Crippen molar-refractivity contribution in [1.29, 1.82) is 0 Å². The molecule has 104 valence electrons. The van der Waals surface area contributed by atoms with Crippen molar-refractivity contribution in [3.05, 3.63) is 71.8 Å². The normalized spacial score (nSPS) is 8.63. The molecule has 2 aromatic rings. The van der Waals surface area contributed by atoms with Gasteiger partial charge in [0.2, 0.25) is 0 Å². The summed E-state index contributed by atoms with van der Waals surface area (Å²) in [7, 11) is 3.48. The highest BCUT2D eigenvalue weighted by Gasteiger charge is 1.86. The van der Waals surface area contributed by atoms with Crippen LogP contribution in [0, 0.1) is 6.92 Å². The van der Waals surface area contributed by atoms with Gasteiger partial charge in [-0.05, 0) is 39.5 Å². The second-order valence-electron chi connectivity index (χ2n) is 3.99. The maximum Gasteiger partial charge on any atom is -0.00114 e. The first-order valence-electron chi connectivity index (χ1n) is 6.61. The van der Waals surface area contributed by atoms with Gasteiger partial charge in [-0.15, -0.1) is 0 Å². The Kier molecular flexibility index (Phi) is 11.7. The van der Waals surface area contributed by atoms with Crippen molar-refractivity contribution in [3.8, 4) is 0 Å². The van der Waals surface area contributed by atoms with Gasteiger partial charge in [0.25, 0.3) is 0 Å². The summed E-state index contributed by atoms with van der Waals surface area (Å²) < 4.78 is 0. The van der Waals surface area contributed by atoms with Crippen LogP contribution in [0.1, 0.15) is 11.1 Å². The van der Waals surface area contributed by atoms with E-state index in [0.717, 1.165) is 13.0 Å². The molecule has 0 saturated carbocycles. The van der Waals surface area contributed by atoms with E-state index >= 15 is 0 Å². The standard InChI is InChI=1S/C9H13N.C7H8.CH5N/c1-10-8-7-9-5-3-2-4-6-9;1-7-5-3-2-4-6-7;1-2/h2-6,10H,7-8H2,1H3;2-6H,1H3;2H2,1H3. The third kappa shape index (κ3) is 10.0. The summed E-state index contributed by atoms with van der Waals surface area (Å²) >= 11 is 0. The van der Waals surface area contributed by atoms with Crippen LogP contribution in [0.15, 0.2) is 60.7 Å². The van der Waals surface area contributed by atoms with E-state index in [9.17, 15) is 0 Å². The van der Waals surface area contributed by atoms with Crippen LogP contribution < -0.4 is 11.1 Å². The van der Waals surface area contributed by atoms with Gasteiger partial charge in [0.05, 0.1) is 0 Å². The lowest BCUT2D eigenvalue weighted by molar-refractivity contribution is 0.792. The molecule has 2 aromatic carbocycles. The molecule has 3 N–H and O–H groups in total. The highest BCUT2D eigenvalue weighted by Crippen LogP contribution is 1.97. The monoisotopic (exact) mass is 258 g/mol. The van der Waals surface area contributed by atoms with Crippen molar-refractivity contribution in [3.63, 3.8) is 0 Å². The molecule has 0 aliphatic heterocycles. The first-order chi connectivity index (χ1) is 9.33. The molecule has 0 saturated heterocycles. The average molecular weight is 258 g/mol. The Morgan fingerprint density at radius 3 is 1.68 bits per heavy atom. The van der Waals surface area contributed by atoms with Crippen molar-refractivity contribution in [2.24, 2.45) is 5.73 Å². The van der Waals surface area contributed by atoms with Crippen LogP contribution in [0.5, 0.6) is 0 Å². The molecule has 0 heterocycles. The van der Waals surface area contributed by atoms with Crippen LogP contribution in [0.2, 0.25) is 0 Å². The maximum absolute atomic E-state index is 4.50. The van der Waals surface area contributed by atoms with Crippen LogP contribution in [0.3, 0.4) is 0 Å². The van der Waals surface area contributed by atoms with Gasteiger partial charge in [-0.3, -0.25) is 0 Å². The molecule has 0 aromatic heterocycles. The molecule has 0 fully saturated rings. The lowest BCUT2D eigenvalue weighted by Gasteiger charge is -1.97. The summed E-state index contributed by atoms with van der Waals surface area (Å²) in [5, 5.41) is 3.12. The molecule has 0 aliphatic carbocycles. The number of nitrogens with one attached hydrogen (secondary N) is 1. The van der Waals surface area contributed by atoms with E-state index in [0.29, 0.717) is 0 Å². The summed E-state index contributed by atoms with van der Waals surface area (Å²) in [6.07, 6.45) is 1.12. The van der Waals surface area contributed by atoms with E-state index in [4.69, 9.17) is 0 Å². The quantitative estimate of drug-likeness (QED) is 0.888. The zero-order chi connectivity index (χ0) is 14.3. The lowest BCUT2D eigenvalue weighted by Crippen LogP contribution is -2.09. The number of nitrogens with two attached hydrogens (primary N) is 1. The largest absolute Gasteiger partial charge is 0.333 e. The fourth-order valence-corrected chi connectivity index (χ4v) is 1.45. The lowest BCUT2D eigenvalue weighted by atomic mass is 10.2.